The van der Waals surface area contributed by atoms with Gasteiger partial charge in [-0.1, -0.05) is 148 Å². The van der Waals surface area contributed by atoms with E-state index >= 15 is 0 Å². The zero-order valence-electron chi connectivity index (χ0n) is 31.0. The number of amides is 1. The lowest BCUT2D eigenvalue weighted by Crippen LogP contribution is -2.46. The third-order valence-electron chi connectivity index (χ3n) is 7.35. The van der Waals surface area contributed by atoms with Crippen molar-refractivity contribution in [1.82, 2.24) is 5.32 Å². The Bertz CT molecular complexity index is 1230. The molecule has 6 nitrogen and oxygen atoms in total. The fourth-order valence-electron chi connectivity index (χ4n) is 4.57. The number of unbranched alkanes of at least 4 members (excludes halogenated alkanes) is 5. The molecular weight excluding hydrogens is 643 g/mol. The van der Waals surface area contributed by atoms with Gasteiger partial charge in [0.15, 0.2) is 0 Å². The molecule has 0 rings (SSSR count). The van der Waals surface area contributed by atoms with Crippen LogP contribution in [0.3, 0.4) is 0 Å². The van der Waals surface area contributed by atoms with Crippen molar-refractivity contribution in [2.75, 3.05) is 5.75 Å². The topological polar surface area (TPSA) is 104 Å². The summed E-state index contributed by atoms with van der Waals surface area (Å²) in [6.45, 7) is 4.33. The monoisotopic (exact) mass is 709 g/mol. The zero-order valence-corrected chi connectivity index (χ0v) is 31.8. The first kappa shape index (κ1) is 46.7. The van der Waals surface area contributed by atoms with Crippen molar-refractivity contribution in [1.29, 1.82) is 0 Å². The van der Waals surface area contributed by atoms with Gasteiger partial charge in [-0.3, -0.25) is 9.35 Å². The van der Waals surface area contributed by atoms with E-state index < -0.39 is 28.0 Å². The average molecular weight is 710 g/mol. The van der Waals surface area contributed by atoms with Crippen molar-refractivity contribution in [3.8, 4) is 0 Å². The Morgan fingerprint density at radius 3 is 1.38 bits per heavy atom. The summed E-state index contributed by atoms with van der Waals surface area (Å²) in [5.74, 6) is -1.11. The Labute approximate surface area is 305 Å². The number of nitrogens with one attached hydrogen (secondary N) is 1. The molecule has 0 aliphatic carbocycles. The number of allylic oxidation sites excluding steroid dienone is 19. The second-order valence-electron chi connectivity index (χ2n) is 12.1. The van der Waals surface area contributed by atoms with Gasteiger partial charge < -0.3 is 10.4 Å². The molecular formula is C43H67NO5S. The molecule has 2 unspecified atom stereocenters. The maximum absolute atomic E-state index is 12.4. The van der Waals surface area contributed by atoms with Gasteiger partial charge in [0.2, 0.25) is 5.91 Å². The van der Waals surface area contributed by atoms with Gasteiger partial charge in [0.1, 0.15) is 0 Å². The molecule has 280 valence electrons. The molecule has 0 aromatic heterocycles. The molecule has 0 fully saturated rings. The fourth-order valence-corrected chi connectivity index (χ4v) is 5.30. The van der Waals surface area contributed by atoms with Crippen LogP contribution in [0, 0.1) is 0 Å². The molecule has 0 heterocycles. The Balaban J connectivity index is 4.18. The predicted octanol–water partition coefficient (Wildman–Crippen LogP) is 11.0. The van der Waals surface area contributed by atoms with Crippen LogP contribution in [0.1, 0.15) is 123 Å². The number of carbonyl (C=O) groups excluding carboxylic acids is 1. The first-order valence-corrected chi connectivity index (χ1v) is 20.3. The Morgan fingerprint density at radius 2 is 0.940 bits per heavy atom. The first-order valence-electron chi connectivity index (χ1n) is 18.7. The highest BCUT2D eigenvalue weighted by atomic mass is 32.2. The molecule has 0 spiro atoms. The standard InChI is InChI=1S/C43H67NO5S/c1-3-5-7-9-11-13-15-17-18-19-20-21-22-23-24-25-26-27-29-31-33-35-37-39-43(46)44-41(40-50(47,48)49)42(45)38-36-34-32-30-28-16-14-12-10-8-6-4-2/h5,7,10-13,17-18,20-21,23-24,26-28,30-31,33,36,38,41-42,45H,3-4,6,8-9,14-16,19,22,25,29,32,34-35,37,39-40H2,1-2H3,(H,44,46)(H,47,48,49)/b7-5-,12-10+,13-11-,18-17-,21-20-,24-23-,27-26-,30-28+,33-31-,38-36+. The molecule has 0 aromatic carbocycles. The molecule has 0 aromatic rings. The van der Waals surface area contributed by atoms with Crippen LogP contribution in [0.5, 0.6) is 0 Å². The molecule has 1 amide bonds. The largest absolute Gasteiger partial charge is 0.387 e. The minimum Gasteiger partial charge on any atom is -0.387 e. The summed E-state index contributed by atoms with van der Waals surface area (Å²) in [5, 5.41) is 13.1. The summed E-state index contributed by atoms with van der Waals surface area (Å²) in [4.78, 5) is 12.4. The summed E-state index contributed by atoms with van der Waals surface area (Å²) in [5.41, 5.74) is 0. The van der Waals surface area contributed by atoms with Crippen LogP contribution in [-0.4, -0.2) is 41.9 Å². The molecule has 0 aliphatic rings. The first-order chi connectivity index (χ1) is 24.3. The van der Waals surface area contributed by atoms with Crippen LogP contribution in [0.25, 0.3) is 0 Å². The maximum atomic E-state index is 12.4. The van der Waals surface area contributed by atoms with E-state index in [-0.39, 0.29) is 12.3 Å². The summed E-state index contributed by atoms with van der Waals surface area (Å²) < 4.78 is 32.3. The highest BCUT2D eigenvalue weighted by Crippen LogP contribution is 2.06. The normalized spacial score (nSPS) is 14.7. The van der Waals surface area contributed by atoms with Gasteiger partial charge in [0, 0.05) is 6.42 Å². The zero-order chi connectivity index (χ0) is 36.8. The van der Waals surface area contributed by atoms with E-state index in [1.807, 2.05) is 6.08 Å². The van der Waals surface area contributed by atoms with Crippen molar-refractivity contribution in [3.05, 3.63) is 122 Å². The predicted molar refractivity (Wildman–Crippen MR) is 216 cm³/mol. The van der Waals surface area contributed by atoms with E-state index in [2.05, 4.69) is 122 Å². The minimum absolute atomic E-state index is 0.196. The number of hydrogen-bond donors (Lipinski definition) is 3. The molecule has 7 heteroatoms. The molecule has 2 atom stereocenters. The van der Waals surface area contributed by atoms with E-state index in [1.54, 1.807) is 6.08 Å². The molecule has 50 heavy (non-hydrogen) atoms. The van der Waals surface area contributed by atoms with Gasteiger partial charge in [0.05, 0.1) is 17.9 Å². The number of carbonyl (C=O) groups is 1. The SMILES string of the molecule is CC/C=C\C/C=C\C/C=C\C/C=C\C/C=C\C/C=C\C/C=C\CCCC(=O)NC(CS(=O)(=O)O)C(O)/C=C/CC/C=C/CC/C=C/CCCC. The van der Waals surface area contributed by atoms with Crippen molar-refractivity contribution in [2.24, 2.45) is 0 Å². The van der Waals surface area contributed by atoms with Gasteiger partial charge in [-0.05, 0) is 89.9 Å². The number of aliphatic hydroxyl groups is 1. The summed E-state index contributed by atoms with van der Waals surface area (Å²) >= 11 is 0. The lowest BCUT2D eigenvalue weighted by molar-refractivity contribution is -0.122. The molecule has 0 bridgehead atoms. The van der Waals surface area contributed by atoms with Crippen molar-refractivity contribution >= 4 is 16.0 Å². The van der Waals surface area contributed by atoms with Gasteiger partial charge in [-0.15, -0.1) is 0 Å². The highest BCUT2D eigenvalue weighted by Gasteiger charge is 2.24. The lowest BCUT2D eigenvalue weighted by atomic mass is 10.1. The van der Waals surface area contributed by atoms with Crippen LogP contribution < -0.4 is 5.32 Å². The second-order valence-corrected chi connectivity index (χ2v) is 13.6. The van der Waals surface area contributed by atoms with Gasteiger partial charge in [-0.25, -0.2) is 0 Å². The van der Waals surface area contributed by atoms with E-state index in [9.17, 15) is 22.9 Å². The highest BCUT2D eigenvalue weighted by molar-refractivity contribution is 7.85. The van der Waals surface area contributed by atoms with E-state index in [0.717, 1.165) is 70.6 Å². The quantitative estimate of drug-likeness (QED) is 0.0378. The van der Waals surface area contributed by atoms with E-state index in [0.29, 0.717) is 19.3 Å². The Kier molecular flexibility index (Phi) is 33.2. The van der Waals surface area contributed by atoms with Gasteiger partial charge >= 0.3 is 0 Å². The van der Waals surface area contributed by atoms with Crippen molar-refractivity contribution in [2.45, 2.75) is 135 Å². The molecule has 0 saturated heterocycles. The van der Waals surface area contributed by atoms with E-state index in [1.165, 1.54) is 18.9 Å². The van der Waals surface area contributed by atoms with Crippen LogP contribution in [-0.2, 0) is 14.9 Å². The Morgan fingerprint density at radius 1 is 0.560 bits per heavy atom. The van der Waals surface area contributed by atoms with Gasteiger partial charge in [0.25, 0.3) is 10.1 Å². The van der Waals surface area contributed by atoms with Crippen molar-refractivity contribution in [3.63, 3.8) is 0 Å². The third kappa shape index (κ3) is 36.0. The Hall–Kier alpha value is -3.26. The fraction of sp³-hybridized carbons (Fsp3) is 0.512. The van der Waals surface area contributed by atoms with Crippen molar-refractivity contribution < 1.29 is 22.9 Å². The number of aliphatic hydroxyl groups excluding tert-OH is 1. The molecule has 0 aliphatic heterocycles. The maximum Gasteiger partial charge on any atom is 0.267 e. The molecule has 0 saturated carbocycles. The number of hydrogen-bond acceptors (Lipinski definition) is 4. The minimum atomic E-state index is -4.38. The number of rotatable bonds is 31. The second kappa shape index (κ2) is 35.6. The smallest absolute Gasteiger partial charge is 0.267 e. The summed E-state index contributed by atoms with van der Waals surface area (Å²) in [6.07, 6.45) is 56.2. The molecule has 3 N–H and O–H groups in total. The van der Waals surface area contributed by atoms with Crippen LogP contribution in [0.2, 0.25) is 0 Å². The lowest BCUT2D eigenvalue weighted by Gasteiger charge is -2.21. The van der Waals surface area contributed by atoms with Crippen LogP contribution in [0.4, 0.5) is 0 Å². The average Bonchev–Trinajstić information content (AvgIpc) is 3.08. The van der Waals surface area contributed by atoms with E-state index in [4.69, 9.17) is 0 Å². The van der Waals surface area contributed by atoms with Gasteiger partial charge in [-0.2, -0.15) is 8.42 Å². The third-order valence-corrected chi connectivity index (χ3v) is 8.13. The van der Waals surface area contributed by atoms with Crippen LogP contribution >= 0.6 is 0 Å². The summed E-state index contributed by atoms with van der Waals surface area (Å²) in [6, 6.07) is -1.12. The van der Waals surface area contributed by atoms with Crippen LogP contribution in [0.15, 0.2) is 122 Å². The summed E-state index contributed by atoms with van der Waals surface area (Å²) in [7, 11) is -4.38. The molecule has 0 radical (unpaired) electrons.